The Hall–Kier alpha value is -0.0500. The second kappa shape index (κ2) is 7.31. The van der Waals surface area contributed by atoms with Crippen LogP contribution in [-0.2, 0) is 5.41 Å². The van der Waals surface area contributed by atoms with Crippen molar-refractivity contribution in [2.75, 3.05) is 4.93 Å². The molecule has 0 spiro atoms. The summed E-state index contributed by atoms with van der Waals surface area (Å²) in [5.74, 6) is 0.633. The number of benzene rings is 1. The zero-order chi connectivity index (χ0) is 12.8. The predicted octanol–water partition coefficient (Wildman–Crippen LogP) is 1.40. The number of rotatable bonds is 3. The van der Waals surface area contributed by atoms with Gasteiger partial charge >= 0.3 is 0 Å². The molecular weight excluding hydrogens is 307 g/mol. The minimum absolute atomic E-state index is 0.315. The molecule has 1 rings (SSSR count). The van der Waals surface area contributed by atoms with Crippen molar-refractivity contribution in [3.05, 3.63) is 35.4 Å². The number of hydrogen-bond acceptors (Lipinski definition) is 0. The highest BCUT2D eigenvalue weighted by Gasteiger charge is 2.17. The van der Waals surface area contributed by atoms with E-state index in [0.717, 1.165) is 0 Å². The van der Waals surface area contributed by atoms with E-state index in [1.807, 2.05) is 27.5 Å². The Morgan fingerprint density at radius 1 is 1.06 bits per heavy atom. The zero-order valence-electron chi connectivity index (χ0n) is 11.5. The van der Waals surface area contributed by atoms with Crippen molar-refractivity contribution in [3.8, 4) is 0 Å². The van der Waals surface area contributed by atoms with E-state index in [1.165, 1.54) is 17.5 Å². The predicted molar refractivity (Wildman–Crippen MR) is 71.2 cm³/mol. The van der Waals surface area contributed by atoms with E-state index < -0.39 is 0 Å². The van der Waals surface area contributed by atoms with Gasteiger partial charge in [0.05, 0.1) is 0 Å². The molecule has 0 nitrogen and oxygen atoms in total. The van der Waals surface area contributed by atoms with E-state index >= 15 is 0 Å². The molecule has 0 aliphatic rings. The molecule has 1 aromatic carbocycles. The van der Waals surface area contributed by atoms with Crippen LogP contribution in [0.4, 0.5) is 0 Å². The molecule has 0 aliphatic heterocycles. The monoisotopic (exact) mass is 333 g/mol. The maximum Gasteiger partial charge on any atom is 0.248 e. The summed E-state index contributed by atoms with van der Waals surface area (Å²) in [6, 6.07) is 9.08. The molecule has 0 aromatic heterocycles. The molecule has 0 saturated carbocycles. The fraction of sp³-hybridized carbons (Fsp3) is 0.600. The smallest absolute Gasteiger partial charge is 0.0646 e. The lowest BCUT2D eigenvalue weighted by Gasteiger charge is -2.23. The normalized spacial score (nSPS) is 11.0. The molecule has 0 N–H and O–H groups in total. The van der Waals surface area contributed by atoms with Crippen LogP contribution in [0.1, 0.15) is 58.1 Å². The summed E-state index contributed by atoms with van der Waals surface area (Å²) in [6.45, 7) is 11.3. The van der Waals surface area contributed by atoms with Gasteiger partial charge in [0, 0.05) is 0 Å². The minimum atomic E-state index is 0.315. The maximum absolute atomic E-state index is 2.30. The van der Waals surface area contributed by atoms with Crippen LogP contribution in [0.5, 0.6) is 0 Å². The first kappa shape index (κ1) is 16.0. The molecule has 0 bridgehead atoms. The second-order valence-electron chi connectivity index (χ2n) is 5.01. The van der Waals surface area contributed by atoms with Gasteiger partial charge in [0.2, 0.25) is 22.6 Å². The van der Waals surface area contributed by atoms with Gasteiger partial charge in [-0.05, 0) is 28.9 Å². The van der Waals surface area contributed by atoms with Crippen LogP contribution in [0.2, 0.25) is 0 Å². The molecule has 92 valence electrons. The summed E-state index contributed by atoms with van der Waals surface area (Å²) in [5, 5.41) is 0. The highest BCUT2D eigenvalue weighted by molar-refractivity contribution is 5.29. The molecular formula is C15H26I+. The van der Waals surface area contributed by atoms with E-state index in [2.05, 4.69) is 58.9 Å². The molecule has 0 unspecified atom stereocenters. The molecule has 0 saturated heterocycles. The third-order valence-corrected chi connectivity index (χ3v) is 3.24. The van der Waals surface area contributed by atoms with Gasteiger partial charge in [-0.15, -0.1) is 0 Å². The molecule has 0 atom stereocenters. The Morgan fingerprint density at radius 3 is 1.81 bits per heavy atom. The summed E-state index contributed by atoms with van der Waals surface area (Å²) in [5.41, 5.74) is 3.19. The first-order valence-corrected chi connectivity index (χ1v) is 8.31. The molecule has 0 radical (unpaired) electrons. The summed E-state index contributed by atoms with van der Waals surface area (Å²) < 4.78 is 0. The van der Waals surface area contributed by atoms with Crippen LogP contribution in [0.25, 0.3) is 0 Å². The van der Waals surface area contributed by atoms with Crippen LogP contribution in [0.3, 0.4) is 0 Å². The van der Waals surface area contributed by atoms with Crippen molar-refractivity contribution >= 4 is 0 Å². The van der Waals surface area contributed by atoms with Crippen LogP contribution < -0.4 is 22.6 Å². The highest BCUT2D eigenvalue weighted by Crippen LogP contribution is 2.27. The van der Waals surface area contributed by atoms with E-state index in [-0.39, 0.29) is 0 Å². The first-order valence-electron chi connectivity index (χ1n) is 5.98. The second-order valence-corrected chi connectivity index (χ2v) is 5.01. The van der Waals surface area contributed by atoms with Crippen molar-refractivity contribution in [1.29, 1.82) is 0 Å². The van der Waals surface area contributed by atoms with Gasteiger partial charge in [-0.3, -0.25) is 0 Å². The SMILES string of the molecule is CCC(C)(C)c1ccc(C(C)C)cc1.C[IH+]. The third kappa shape index (κ3) is 4.44. The van der Waals surface area contributed by atoms with Crippen molar-refractivity contribution in [2.45, 2.75) is 52.4 Å². The zero-order valence-corrected chi connectivity index (χ0v) is 13.8. The molecule has 1 heteroatoms. The lowest BCUT2D eigenvalue weighted by atomic mass is 9.81. The topological polar surface area (TPSA) is 0 Å². The van der Waals surface area contributed by atoms with Crippen molar-refractivity contribution in [3.63, 3.8) is 0 Å². The van der Waals surface area contributed by atoms with Gasteiger partial charge < -0.3 is 0 Å². The number of alkyl halides is 1. The van der Waals surface area contributed by atoms with Gasteiger partial charge in [-0.1, -0.05) is 58.9 Å². The first-order chi connectivity index (χ1) is 7.47. The van der Waals surface area contributed by atoms with Gasteiger partial charge in [0.25, 0.3) is 0 Å². The fourth-order valence-electron chi connectivity index (χ4n) is 1.52. The lowest BCUT2D eigenvalue weighted by molar-refractivity contribution is -0.325. The van der Waals surface area contributed by atoms with Gasteiger partial charge in [0.15, 0.2) is 0 Å². The Bertz CT molecular complexity index is 283. The standard InChI is InChI=1S/C14H22.CH4I/c1-6-14(4,5)13-9-7-12(8-10-13)11(2)3;1-2/h7-11H,6H2,1-5H3;2H,1H3/q;+1. The van der Waals surface area contributed by atoms with Gasteiger partial charge in [0.1, 0.15) is 4.93 Å². The number of hydrogen-bond donors (Lipinski definition) is 0. The number of halogens is 1. The summed E-state index contributed by atoms with van der Waals surface area (Å²) in [6.07, 6.45) is 1.19. The third-order valence-electron chi connectivity index (χ3n) is 3.24. The minimum Gasteiger partial charge on any atom is -0.0646 e. The van der Waals surface area contributed by atoms with Crippen molar-refractivity contribution in [2.24, 2.45) is 0 Å². The molecule has 0 heterocycles. The average molecular weight is 333 g/mol. The van der Waals surface area contributed by atoms with Crippen molar-refractivity contribution in [1.82, 2.24) is 0 Å². The largest absolute Gasteiger partial charge is 0.248 e. The van der Waals surface area contributed by atoms with Crippen LogP contribution in [-0.4, -0.2) is 4.93 Å². The highest BCUT2D eigenvalue weighted by atomic mass is 127. The van der Waals surface area contributed by atoms with Gasteiger partial charge in [-0.2, -0.15) is 0 Å². The van der Waals surface area contributed by atoms with E-state index in [1.54, 1.807) is 0 Å². The van der Waals surface area contributed by atoms with Gasteiger partial charge in [-0.25, -0.2) is 0 Å². The molecule has 0 amide bonds. The van der Waals surface area contributed by atoms with Crippen molar-refractivity contribution < 1.29 is 22.6 Å². The van der Waals surface area contributed by atoms with Crippen LogP contribution in [0, 0.1) is 0 Å². The summed E-state index contributed by atoms with van der Waals surface area (Å²) in [4.78, 5) is 2.01. The van der Waals surface area contributed by atoms with Crippen LogP contribution >= 0.6 is 0 Å². The Morgan fingerprint density at radius 2 is 1.50 bits per heavy atom. The fourth-order valence-corrected chi connectivity index (χ4v) is 1.52. The Balaban J connectivity index is 0.00000106. The maximum atomic E-state index is 2.30. The lowest BCUT2D eigenvalue weighted by Crippen LogP contribution is -3.32. The van der Waals surface area contributed by atoms with E-state index in [4.69, 9.17) is 0 Å². The molecule has 0 fully saturated rings. The van der Waals surface area contributed by atoms with E-state index in [9.17, 15) is 0 Å². The summed E-state index contributed by atoms with van der Waals surface area (Å²) >= 11 is 1.95. The molecule has 1 aromatic rings. The molecule has 0 aliphatic carbocycles. The Kier molecular flexibility index (Phi) is 7.29. The molecule has 16 heavy (non-hydrogen) atoms. The van der Waals surface area contributed by atoms with Crippen LogP contribution in [0.15, 0.2) is 24.3 Å². The quantitative estimate of drug-likeness (QED) is 0.579. The summed E-state index contributed by atoms with van der Waals surface area (Å²) in [7, 11) is 0. The van der Waals surface area contributed by atoms with E-state index in [0.29, 0.717) is 11.3 Å². The average Bonchev–Trinajstić information content (AvgIpc) is 2.32. The Labute approximate surface area is 115 Å².